The molecule has 1 aromatic rings. The van der Waals surface area contributed by atoms with Gasteiger partial charge in [0.1, 0.15) is 0 Å². The van der Waals surface area contributed by atoms with Gasteiger partial charge in [0.2, 0.25) is 10.0 Å². The van der Waals surface area contributed by atoms with Crippen molar-refractivity contribution in [2.24, 2.45) is 0 Å². The Labute approximate surface area is 118 Å². The minimum atomic E-state index is -3.47. The molecule has 0 N–H and O–H groups in total. The third-order valence-corrected chi connectivity index (χ3v) is 3.67. The van der Waals surface area contributed by atoms with E-state index in [0.29, 0.717) is 11.3 Å². The van der Waals surface area contributed by atoms with Gasteiger partial charge in [-0.1, -0.05) is 13.2 Å². The van der Waals surface area contributed by atoms with Gasteiger partial charge in [0, 0.05) is 11.9 Å². The van der Waals surface area contributed by atoms with Crippen LogP contribution in [-0.2, 0) is 21.3 Å². The lowest BCUT2D eigenvalue weighted by Gasteiger charge is -2.21. The lowest BCUT2D eigenvalue weighted by molar-refractivity contribution is 0.0600. The fraction of sp³-hybridized carbons (Fsp3) is 0.231. The topological polar surface area (TPSA) is 76.6 Å². The van der Waals surface area contributed by atoms with Crippen molar-refractivity contribution in [1.29, 1.82) is 0 Å². The molecule has 108 valence electrons. The Balaban J connectivity index is 2.98. The third kappa shape index (κ3) is 3.92. The Morgan fingerprint density at radius 3 is 2.55 bits per heavy atom. The van der Waals surface area contributed by atoms with Gasteiger partial charge in [-0.2, -0.15) is 0 Å². The van der Waals surface area contributed by atoms with E-state index in [9.17, 15) is 13.2 Å². The van der Waals surface area contributed by atoms with Crippen LogP contribution in [0.3, 0.4) is 0 Å². The number of hydrogen-bond donors (Lipinski definition) is 0. The highest BCUT2D eigenvalue weighted by molar-refractivity contribution is 7.88. The molecule has 1 heterocycles. The summed E-state index contributed by atoms with van der Waals surface area (Å²) in [4.78, 5) is 15.3. The highest BCUT2D eigenvalue weighted by atomic mass is 32.2. The SMILES string of the molecule is C=CC(=C)N(Cc1ccc(C(=O)OC)cn1)S(C)(=O)=O. The standard InChI is InChI=1S/C13H16N2O4S/c1-5-10(2)15(20(4,17)18)9-12-7-6-11(8-14-12)13(16)19-3/h5-8H,1-2,9H2,3-4H3. The first-order valence-corrected chi connectivity index (χ1v) is 7.46. The molecule has 1 aromatic heterocycles. The van der Waals surface area contributed by atoms with Crippen molar-refractivity contribution in [3.63, 3.8) is 0 Å². The number of aromatic nitrogens is 1. The lowest BCUT2D eigenvalue weighted by atomic mass is 10.2. The first kappa shape index (κ1) is 15.9. The monoisotopic (exact) mass is 296 g/mol. The molecule has 0 bridgehead atoms. The van der Waals surface area contributed by atoms with E-state index in [1.165, 1.54) is 25.4 Å². The van der Waals surface area contributed by atoms with Gasteiger partial charge >= 0.3 is 5.97 Å². The number of carbonyl (C=O) groups is 1. The summed E-state index contributed by atoms with van der Waals surface area (Å²) in [7, 11) is -2.20. The number of methoxy groups -OCH3 is 1. The number of nitrogens with zero attached hydrogens (tertiary/aromatic N) is 2. The number of ether oxygens (including phenoxy) is 1. The number of allylic oxidation sites excluding steroid dienone is 1. The van der Waals surface area contributed by atoms with Crippen LogP contribution in [0.15, 0.2) is 43.3 Å². The maximum absolute atomic E-state index is 11.7. The van der Waals surface area contributed by atoms with Crippen molar-refractivity contribution < 1.29 is 17.9 Å². The fourth-order valence-electron chi connectivity index (χ4n) is 1.44. The number of carbonyl (C=O) groups excluding carboxylic acids is 1. The zero-order valence-corrected chi connectivity index (χ0v) is 12.2. The summed E-state index contributed by atoms with van der Waals surface area (Å²) in [5.74, 6) is -0.500. The summed E-state index contributed by atoms with van der Waals surface area (Å²) in [5.41, 5.74) is 1.03. The molecule has 0 aliphatic heterocycles. The van der Waals surface area contributed by atoms with Crippen molar-refractivity contribution >= 4 is 16.0 Å². The van der Waals surface area contributed by atoms with Crippen LogP contribution in [0.1, 0.15) is 16.1 Å². The van der Waals surface area contributed by atoms with E-state index in [0.717, 1.165) is 10.6 Å². The fourth-order valence-corrected chi connectivity index (χ4v) is 2.30. The zero-order chi connectivity index (χ0) is 15.3. The highest BCUT2D eigenvalue weighted by Crippen LogP contribution is 2.14. The quantitative estimate of drug-likeness (QED) is 0.584. The number of hydrogen-bond acceptors (Lipinski definition) is 5. The molecule has 1 rings (SSSR count). The third-order valence-electron chi connectivity index (χ3n) is 2.51. The van der Waals surface area contributed by atoms with Gasteiger partial charge in [-0.15, -0.1) is 0 Å². The van der Waals surface area contributed by atoms with E-state index in [4.69, 9.17) is 0 Å². The molecule has 0 atom stereocenters. The van der Waals surface area contributed by atoms with Crippen LogP contribution in [0.5, 0.6) is 0 Å². The molecule has 7 heteroatoms. The van der Waals surface area contributed by atoms with Crippen LogP contribution in [0.25, 0.3) is 0 Å². The van der Waals surface area contributed by atoms with Crippen molar-refractivity contribution in [2.45, 2.75) is 6.54 Å². The van der Waals surface area contributed by atoms with Crippen LogP contribution in [-0.4, -0.2) is 37.0 Å². The van der Waals surface area contributed by atoms with Crippen LogP contribution < -0.4 is 0 Å². The summed E-state index contributed by atoms with van der Waals surface area (Å²) < 4.78 is 29.0. The van der Waals surface area contributed by atoms with Gasteiger partial charge in [-0.3, -0.25) is 9.29 Å². The summed E-state index contributed by atoms with van der Waals surface area (Å²) in [6.07, 6.45) is 3.76. The first-order chi connectivity index (χ1) is 9.29. The van der Waals surface area contributed by atoms with Crippen LogP contribution in [0, 0.1) is 0 Å². The second-order valence-corrected chi connectivity index (χ2v) is 5.90. The predicted molar refractivity (Wildman–Crippen MR) is 75.3 cm³/mol. The van der Waals surface area contributed by atoms with Crippen LogP contribution in [0.2, 0.25) is 0 Å². The minimum absolute atomic E-state index is 0.0190. The maximum atomic E-state index is 11.7. The van der Waals surface area contributed by atoms with Crippen molar-refractivity contribution in [3.8, 4) is 0 Å². The predicted octanol–water partition coefficient (Wildman–Crippen LogP) is 1.33. The van der Waals surface area contributed by atoms with E-state index in [2.05, 4.69) is 22.9 Å². The number of pyridine rings is 1. The molecule has 0 radical (unpaired) electrons. The van der Waals surface area contributed by atoms with Crippen molar-refractivity contribution in [3.05, 3.63) is 54.5 Å². The highest BCUT2D eigenvalue weighted by Gasteiger charge is 2.18. The molecule has 0 aromatic carbocycles. The summed E-state index contributed by atoms with van der Waals surface area (Å²) in [6.45, 7) is 7.14. The van der Waals surface area contributed by atoms with E-state index in [-0.39, 0.29) is 12.2 Å². The molecular weight excluding hydrogens is 280 g/mol. The molecular formula is C13H16N2O4S. The summed E-state index contributed by atoms with van der Waals surface area (Å²) in [6, 6.07) is 3.08. The van der Waals surface area contributed by atoms with Gasteiger partial charge in [-0.05, 0) is 18.2 Å². The van der Waals surface area contributed by atoms with Gasteiger partial charge in [0.15, 0.2) is 0 Å². The largest absolute Gasteiger partial charge is 0.465 e. The number of sulfonamides is 1. The Morgan fingerprint density at radius 2 is 2.15 bits per heavy atom. The Bertz CT molecular complexity index is 620. The second-order valence-electron chi connectivity index (χ2n) is 3.99. The first-order valence-electron chi connectivity index (χ1n) is 5.62. The minimum Gasteiger partial charge on any atom is -0.465 e. The molecule has 0 amide bonds. The molecule has 0 aliphatic rings. The van der Waals surface area contributed by atoms with E-state index < -0.39 is 16.0 Å². The average molecular weight is 296 g/mol. The summed E-state index contributed by atoms with van der Waals surface area (Å²) >= 11 is 0. The van der Waals surface area contributed by atoms with Crippen molar-refractivity contribution in [2.75, 3.05) is 13.4 Å². The number of rotatable bonds is 6. The van der Waals surface area contributed by atoms with E-state index in [1.807, 2.05) is 0 Å². The van der Waals surface area contributed by atoms with Gasteiger partial charge in [0.05, 0.1) is 31.2 Å². The van der Waals surface area contributed by atoms with Crippen molar-refractivity contribution in [1.82, 2.24) is 9.29 Å². The van der Waals surface area contributed by atoms with E-state index >= 15 is 0 Å². The number of esters is 1. The van der Waals surface area contributed by atoms with Gasteiger partial charge < -0.3 is 4.74 Å². The molecule has 20 heavy (non-hydrogen) atoms. The van der Waals surface area contributed by atoms with Crippen LogP contribution >= 0.6 is 0 Å². The van der Waals surface area contributed by atoms with E-state index in [1.54, 1.807) is 6.07 Å². The Kier molecular flexibility index (Phi) is 5.04. The molecule has 0 fully saturated rings. The second kappa shape index (κ2) is 6.33. The Morgan fingerprint density at radius 1 is 1.50 bits per heavy atom. The van der Waals surface area contributed by atoms with Crippen LogP contribution in [0.4, 0.5) is 0 Å². The van der Waals surface area contributed by atoms with Gasteiger partial charge in [-0.25, -0.2) is 13.2 Å². The molecule has 6 nitrogen and oxygen atoms in total. The molecule has 0 saturated carbocycles. The lowest BCUT2D eigenvalue weighted by Crippen LogP contribution is -2.28. The average Bonchev–Trinajstić information content (AvgIpc) is 2.42. The smallest absolute Gasteiger partial charge is 0.339 e. The molecule has 0 aliphatic carbocycles. The maximum Gasteiger partial charge on any atom is 0.339 e. The Hall–Kier alpha value is -2.15. The summed E-state index contributed by atoms with van der Waals surface area (Å²) in [5, 5.41) is 0. The molecule has 0 saturated heterocycles. The molecule has 0 unspecified atom stereocenters. The van der Waals surface area contributed by atoms with Gasteiger partial charge in [0.25, 0.3) is 0 Å². The molecule has 0 spiro atoms. The zero-order valence-electron chi connectivity index (χ0n) is 11.4. The normalized spacial score (nSPS) is 10.7.